The molecule has 3 heteroatoms. The Balaban J connectivity index is 0.000000921. The monoisotopic (exact) mass is 212 g/mol. The van der Waals surface area contributed by atoms with Gasteiger partial charge in [0.25, 0.3) is 0 Å². The Labute approximate surface area is 91.7 Å². The predicted molar refractivity (Wildman–Crippen MR) is 63.2 cm³/mol. The van der Waals surface area contributed by atoms with Crippen molar-refractivity contribution in [1.82, 2.24) is 4.98 Å². The molecule has 0 spiro atoms. The van der Waals surface area contributed by atoms with Crippen molar-refractivity contribution in [2.24, 2.45) is 5.92 Å². The first-order valence-corrected chi connectivity index (χ1v) is 5.44. The van der Waals surface area contributed by atoms with E-state index >= 15 is 0 Å². The third-order valence-corrected chi connectivity index (χ3v) is 2.41. The molecule has 15 heavy (non-hydrogen) atoms. The van der Waals surface area contributed by atoms with Gasteiger partial charge in [-0.25, -0.2) is 4.98 Å². The van der Waals surface area contributed by atoms with E-state index < -0.39 is 5.95 Å². The fraction of sp³-hybridized carbons (Fsp3) is 0.583. The summed E-state index contributed by atoms with van der Waals surface area (Å²) in [5.74, 6) is 0.584. The van der Waals surface area contributed by atoms with Crippen LogP contribution < -0.4 is 5.73 Å². The Morgan fingerprint density at radius 1 is 1.20 bits per heavy atom. The number of aromatic nitrogens is 1. The van der Waals surface area contributed by atoms with Gasteiger partial charge < -0.3 is 5.73 Å². The van der Waals surface area contributed by atoms with Crippen LogP contribution >= 0.6 is 0 Å². The molecule has 1 heterocycles. The number of halogens is 1. The molecule has 0 aliphatic carbocycles. The van der Waals surface area contributed by atoms with Crippen LogP contribution in [0.3, 0.4) is 0 Å². The van der Waals surface area contributed by atoms with Crippen LogP contribution in [0.25, 0.3) is 0 Å². The Hall–Kier alpha value is -1.12. The average Bonchev–Trinajstić information content (AvgIpc) is 2.20. The standard InChI is InChI=1S/C10H15FN2.C2H6/c1-6(2)7(3)8-4-5-9(11)13-10(8)12;1-2/h4-7H,1-3H3,(H2,12,13);1-2H3. The maximum atomic E-state index is 12.6. The maximum absolute atomic E-state index is 12.6. The van der Waals surface area contributed by atoms with Gasteiger partial charge in [-0.05, 0) is 23.5 Å². The molecule has 0 bridgehead atoms. The van der Waals surface area contributed by atoms with Crippen molar-refractivity contribution in [2.75, 3.05) is 5.73 Å². The Kier molecular flexibility index (Phi) is 5.90. The summed E-state index contributed by atoms with van der Waals surface area (Å²) in [6.07, 6.45) is 0. The molecule has 0 fully saturated rings. The van der Waals surface area contributed by atoms with E-state index in [-0.39, 0.29) is 0 Å². The highest BCUT2D eigenvalue weighted by atomic mass is 19.1. The van der Waals surface area contributed by atoms with Gasteiger partial charge in [-0.15, -0.1) is 0 Å². The third kappa shape index (κ3) is 3.86. The number of hydrogen-bond donors (Lipinski definition) is 1. The summed E-state index contributed by atoms with van der Waals surface area (Å²) in [7, 11) is 0. The molecule has 0 radical (unpaired) electrons. The summed E-state index contributed by atoms with van der Waals surface area (Å²) in [6.45, 7) is 10.3. The minimum absolute atomic E-state index is 0.307. The van der Waals surface area contributed by atoms with Crippen molar-refractivity contribution in [3.63, 3.8) is 0 Å². The third-order valence-electron chi connectivity index (χ3n) is 2.41. The fourth-order valence-corrected chi connectivity index (χ4v) is 1.20. The number of nitrogen functional groups attached to an aromatic ring is 1. The predicted octanol–water partition coefficient (Wildman–Crippen LogP) is 3.59. The Morgan fingerprint density at radius 3 is 2.13 bits per heavy atom. The highest BCUT2D eigenvalue weighted by Crippen LogP contribution is 2.26. The van der Waals surface area contributed by atoms with E-state index in [1.165, 1.54) is 6.07 Å². The van der Waals surface area contributed by atoms with Crippen LogP contribution in [0, 0.1) is 11.9 Å². The molecule has 0 saturated carbocycles. The minimum Gasteiger partial charge on any atom is -0.383 e. The molecule has 1 atom stereocenters. The van der Waals surface area contributed by atoms with Crippen molar-refractivity contribution in [3.05, 3.63) is 23.6 Å². The summed E-state index contributed by atoms with van der Waals surface area (Å²) in [6, 6.07) is 3.06. The zero-order chi connectivity index (χ0) is 12.0. The summed E-state index contributed by atoms with van der Waals surface area (Å²) in [5, 5.41) is 0. The maximum Gasteiger partial charge on any atom is 0.214 e. The smallest absolute Gasteiger partial charge is 0.214 e. The normalized spacial score (nSPS) is 11.9. The molecule has 0 aromatic carbocycles. The second-order valence-electron chi connectivity index (χ2n) is 3.64. The van der Waals surface area contributed by atoms with Crippen molar-refractivity contribution in [2.45, 2.75) is 40.5 Å². The van der Waals surface area contributed by atoms with Gasteiger partial charge in [0.15, 0.2) is 0 Å². The zero-order valence-electron chi connectivity index (χ0n) is 10.2. The van der Waals surface area contributed by atoms with Gasteiger partial charge in [-0.2, -0.15) is 4.39 Å². The minimum atomic E-state index is -0.516. The molecule has 2 nitrogen and oxygen atoms in total. The summed E-state index contributed by atoms with van der Waals surface area (Å²) in [4.78, 5) is 3.59. The molecule has 1 aromatic rings. The number of nitrogens with two attached hydrogens (primary N) is 1. The first-order chi connectivity index (χ1) is 7.02. The van der Waals surface area contributed by atoms with E-state index in [1.54, 1.807) is 6.07 Å². The summed E-state index contributed by atoms with van der Waals surface area (Å²) >= 11 is 0. The van der Waals surface area contributed by atoms with Crippen molar-refractivity contribution >= 4 is 5.82 Å². The quantitative estimate of drug-likeness (QED) is 0.761. The van der Waals surface area contributed by atoms with Gasteiger partial charge in [0.05, 0.1) is 0 Å². The summed E-state index contributed by atoms with van der Waals surface area (Å²) in [5.41, 5.74) is 6.54. The molecule has 86 valence electrons. The number of rotatable bonds is 2. The zero-order valence-corrected chi connectivity index (χ0v) is 10.2. The van der Waals surface area contributed by atoms with E-state index in [4.69, 9.17) is 5.73 Å². The van der Waals surface area contributed by atoms with Gasteiger partial charge in [-0.1, -0.05) is 40.7 Å². The largest absolute Gasteiger partial charge is 0.383 e. The molecule has 0 aliphatic heterocycles. The van der Waals surface area contributed by atoms with E-state index in [0.29, 0.717) is 17.7 Å². The Morgan fingerprint density at radius 2 is 1.73 bits per heavy atom. The molecule has 0 aliphatic rings. The molecule has 2 N–H and O–H groups in total. The number of nitrogens with zero attached hydrogens (tertiary/aromatic N) is 1. The molecular weight excluding hydrogens is 191 g/mol. The SMILES string of the molecule is CC.CC(C)C(C)c1ccc(F)nc1N. The topological polar surface area (TPSA) is 38.9 Å². The number of pyridine rings is 1. The molecule has 0 amide bonds. The average molecular weight is 212 g/mol. The highest BCUT2D eigenvalue weighted by Gasteiger charge is 2.13. The lowest BCUT2D eigenvalue weighted by atomic mass is 9.91. The highest BCUT2D eigenvalue weighted by molar-refractivity contribution is 5.41. The van der Waals surface area contributed by atoms with Crippen LogP contribution in [0.4, 0.5) is 10.2 Å². The van der Waals surface area contributed by atoms with Crippen LogP contribution in [0.5, 0.6) is 0 Å². The fourth-order valence-electron chi connectivity index (χ4n) is 1.20. The van der Waals surface area contributed by atoms with E-state index in [0.717, 1.165) is 5.56 Å². The van der Waals surface area contributed by atoms with Gasteiger partial charge in [-0.3, -0.25) is 0 Å². The number of hydrogen-bond acceptors (Lipinski definition) is 2. The van der Waals surface area contributed by atoms with Crippen molar-refractivity contribution < 1.29 is 4.39 Å². The molecule has 1 rings (SSSR count). The summed E-state index contributed by atoms with van der Waals surface area (Å²) < 4.78 is 12.6. The van der Waals surface area contributed by atoms with Gasteiger partial charge in [0, 0.05) is 0 Å². The second-order valence-corrected chi connectivity index (χ2v) is 3.64. The lowest BCUT2D eigenvalue weighted by molar-refractivity contribution is 0.529. The van der Waals surface area contributed by atoms with Crippen LogP contribution in [0.2, 0.25) is 0 Å². The Bertz CT molecular complexity index is 298. The van der Waals surface area contributed by atoms with E-state index in [9.17, 15) is 4.39 Å². The number of anilines is 1. The first kappa shape index (κ1) is 13.9. The van der Waals surface area contributed by atoms with Crippen molar-refractivity contribution in [1.29, 1.82) is 0 Å². The molecule has 1 unspecified atom stereocenters. The van der Waals surface area contributed by atoms with Crippen LogP contribution in [-0.4, -0.2) is 4.98 Å². The molecule has 0 saturated heterocycles. The second kappa shape index (κ2) is 6.38. The first-order valence-electron chi connectivity index (χ1n) is 5.44. The van der Waals surface area contributed by atoms with Gasteiger partial charge in [0.1, 0.15) is 5.82 Å². The van der Waals surface area contributed by atoms with Gasteiger partial charge >= 0.3 is 0 Å². The van der Waals surface area contributed by atoms with E-state index in [2.05, 4.69) is 25.8 Å². The van der Waals surface area contributed by atoms with E-state index in [1.807, 2.05) is 13.8 Å². The molecular formula is C12H21FN2. The van der Waals surface area contributed by atoms with Crippen LogP contribution in [0.15, 0.2) is 12.1 Å². The van der Waals surface area contributed by atoms with Crippen LogP contribution in [-0.2, 0) is 0 Å². The molecule has 1 aromatic heterocycles. The van der Waals surface area contributed by atoms with Crippen molar-refractivity contribution in [3.8, 4) is 0 Å². The lowest BCUT2D eigenvalue weighted by Gasteiger charge is -2.16. The van der Waals surface area contributed by atoms with Crippen LogP contribution in [0.1, 0.15) is 46.1 Å². The van der Waals surface area contributed by atoms with Gasteiger partial charge in [0.2, 0.25) is 5.95 Å². The lowest BCUT2D eigenvalue weighted by Crippen LogP contribution is -2.07.